The van der Waals surface area contributed by atoms with Gasteiger partial charge in [-0.05, 0) is 13.8 Å². The molecule has 1 aliphatic rings. The Balaban J connectivity index is 0.00000196. The summed E-state index contributed by atoms with van der Waals surface area (Å²) in [5, 5.41) is 6.01. The highest BCUT2D eigenvalue weighted by atomic mass is 127. The zero-order valence-electron chi connectivity index (χ0n) is 9.18. The zero-order valence-corrected chi connectivity index (χ0v) is 11.5. The van der Waals surface area contributed by atoms with Crippen molar-refractivity contribution in [2.45, 2.75) is 45.2 Å². The second-order valence-corrected chi connectivity index (χ2v) is 3.74. The normalized spacial score (nSPS) is 25.3. The van der Waals surface area contributed by atoms with Gasteiger partial charge in [-0.3, -0.25) is 0 Å². The summed E-state index contributed by atoms with van der Waals surface area (Å²) in [7, 11) is 0. The molecule has 2 N–H and O–H groups in total. The molecule has 15 heavy (non-hydrogen) atoms. The van der Waals surface area contributed by atoms with Crippen LogP contribution in [0.25, 0.3) is 0 Å². The zero-order chi connectivity index (χ0) is 10.8. The van der Waals surface area contributed by atoms with E-state index in [-0.39, 0.29) is 42.5 Å². The molecule has 0 spiro atoms. The van der Waals surface area contributed by atoms with E-state index in [1.807, 2.05) is 13.8 Å². The van der Waals surface area contributed by atoms with Gasteiger partial charge >= 0.3 is 0 Å². The van der Waals surface area contributed by atoms with Crippen molar-refractivity contribution in [2.75, 3.05) is 6.54 Å². The van der Waals surface area contributed by atoms with E-state index in [4.69, 9.17) is 0 Å². The maximum Gasteiger partial charge on any atom is 0.267 e. The third-order valence-corrected chi connectivity index (χ3v) is 2.46. The van der Waals surface area contributed by atoms with Crippen molar-refractivity contribution in [3.05, 3.63) is 0 Å². The fourth-order valence-corrected chi connectivity index (χ4v) is 1.12. The number of aliphatic imine (C=N–C) groups is 1. The lowest BCUT2D eigenvalue weighted by molar-refractivity contribution is 0.00758. The molecule has 1 heterocycles. The number of guanidine groups is 1. The van der Waals surface area contributed by atoms with Crippen molar-refractivity contribution in [1.29, 1.82) is 0 Å². The summed E-state index contributed by atoms with van der Waals surface area (Å²) in [6, 6.07) is 0.480. The number of hydrogen-bond donors (Lipinski definition) is 2. The third-order valence-electron chi connectivity index (χ3n) is 2.46. The van der Waals surface area contributed by atoms with Crippen molar-refractivity contribution in [3.8, 4) is 0 Å². The van der Waals surface area contributed by atoms with Gasteiger partial charge in [0.2, 0.25) is 0 Å². The van der Waals surface area contributed by atoms with Gasteiger partial charge in [-0.15, -0.1) is 24.0 Å². The van der Waals surface area contributed by atoms with E-state index in [9.17, 15) is 8.78 Å². The van der Waals surface area contributed by atoms with E-state index in [2.05, 4.69) is 15.6 Å². The van der Waals surface area contributed by atoms with Crippen LogP contribution in [0.15, 0.2) is 4.99 Å². The maximum atomic E-state index is 12.8. The SMILES string of the molecule is CCC(F)(F)CN=C1NC(C)C(C)N1.I. The Morgan fingerprint density at radius 1 is 1.27 bits per heavy atom. The largest absolute Gasteiger partial charge is 0.352 e. The number of hydrogen-bond acceptors (Lipinski definition) is 1. The van der Waals surface area contributed by atoms with Gasteiger partial charge in [0.15, 0.2) is 5.96 Å². The quantitative estimate of drug-likeness (QED) is 0.775. The van der Waals surface area contributed by atoms with Crippen molar-refractivity contribution in [3.63, 3.8) is 0 Å². The van der Waals surface area contributed by atoms with E-state index in [0.717, 1.165) is 0 Å². The van der Waals surface area contributed by atoms with Gasteiger partial charge in [0.05, 0.1) is 0 Å². The van der Waals surface area contributed by atoms with Gasteiger partial charge in [-0.25, -0.2) is 13.8 Å². The molecular weight excluding hydrogens is 315 g/mol. The predicted octanol–water partition coefficient (Wildman–Crippen LogP) is 1.98. The highest BCUT2D eigenvalue weighted by Gasteiger charge is 2.27. The molecule has 0 saturated carbocycles. The molecular formula is C9H18F2IN3. The summed E-state index contributed by atoms with van der Waals surface area (Å²) in [6.07, 6.45) is -0.172. The van der Waals surface area contributed by atoms with Crippen LogP contribution in [-0.2, 0) is 0 Å². The first-order chi connectivity index (χ1) is 6.44. The average molecular weight is 333 g/mol. The Hall–Kier alpha value is -0.140. The highest BCUT2D eigenvalue weighted by molar-refractivity contribution is 14.0. The van der Waals surface area contributed by atoms with E-state index >= 15 is 0 Å². The maximum absolute atomic E-state index is 12.8. The second kappa shape index (κ2) is 5.81. The monoisotopic (exact) mass is 333 g/mol. The van der Waals surface area contributed by atoms with Gasteiger partial charge < -0.3 is 10.6 Å². The van der Waals surface area contributed by atoms with E-state index in [1.54, 1.807) is 0 Å². The van der Waals surface area contributed by atoms with Gasteiger partial charge in [0, 0.05) is 18.5 Å². The molecule has 0 bridgehead atoms. The molecule has 90 valence electrons. The summed E-state index contributed by atoms with van der Waals surface area (Å²) >= 11 is 0. The van der Waals surface area contributed by atoms with Gasteiger partial charge in [-0.1, -0.05) is 6.92 Å². The van der Waals surface area contributed by atoms with Gasteiger partial charge in [0.25, 0.3) is 5.92 Å². The lowest BCUT2D eigenvalue weighted by Gasteiger charge is -2.10. The van der Waals surface area contributed by atoms with Gasteiger partial charge in [0.1, 0.15) is 6.54 Å². The topological polar surface area (TPSA) is 36.4 Å². The van der Waals surface area contributed by atoms with Gasteiger partial charge in [-0.2, -0.15) is 0 Å². The summed E-state index contributed by atoms with van der Waals surface area (Å²) in [5.41, 5.74) is 0. The first kappa shape index (κ1) is 14.9. The Kier molecular flexibility index (Phi) is 5.76. The summed E-state index contributed by atoms with van der Waals surface area (Å²) in [4.78, 5) is 3.81. The van der Waals surface area contributed by atoms with Crippen LogP contribution in [0.1, 0.15) is 27.2 Å². The molecule has 0 amide bonds. The van der Waals surface area contributed by atoms with Crippen LogP contribution in [0.4, 0.5) is 8.78 Å². The Morgan fingerprint density at radius 2 is 1.73 bits per heavy atom. The molecule has 3 nitrogen and oxygen atoms in total. The lowest BCUT2D eigenvalue weighted by Crippen LogP contribution is -2.29. The van der Waals surface area contributed by atoms with Crippen LogP contribution in [0.2, 0.25) is 0 Å². The number of nitrogens with zero attached hydrogens (tertiary/aromatic N) is 1. The Morgan fingerprint density at radius 3 is 2.13 bits per heavy atom. The molecule has 0 aliphatic carbocycles. The van der Waals surface area contributed by atoms with Crippen LogP contribution in [-0.4, -0.2) is 30.5 Å². The molecule has 1 fully saturated rings. The minimum absolute atomic E-state index is 0. The fourth-order valence-electron chi connectivity index (χ4n) is 1.12. The minimum Gasteiger partial charge on any atom is -0.352 e. The predicted molar refractivity (Wildman–Crippen MR) is 68.2 cm³/mol. The second-order valence-electron chi connectivity index (χ2n) is 3.74. The van der Waals surface area contributed by atoms with Crippen molar-refractivity contribution < 1.29 is 8.78 Å². The van der Waals surface area contributed by atoms with Crippen molar-refractivity contribution in [1.82, 2.24) is 10.6 Å². The standard InChI is InChI=1S/C9H17F2N3.HI/c1-4-9(10,11)5-12-8-13-6(2)7(3)14-8;/h6-7H,4-5H2,1-3H3,(H2,12,13,14);1H. The Bertz CT molecular complexity index is 221. The van der Waals surface area contributed by atoms with Crippen LogP contribution in [0, 0.1) is 0 Å². The molecule has 1 aliphatic heterocycles. The Labute approximate surface area is 106 Å². The fraction of sp³-hybridized carbons (Fsp3) is 0.889. The molecule has 0 aromatic carbocycles. The smallest absolute Gasteiger partial charge is 0.267 e. The summed E-state index contributed by atoms with van der Waals surface area (Å²) < 4.78 is 25.7. The number of rotatable bonds is 3. The van der Waals surface area contributed by atoms with Crippen LogP contribution in [0.5, 0.6) is 0 Å². The number of nitrogens with one attached hydrogen (secondary N) is 2. The minimum atomic E-state index is -2.69. The van der Waals surface area contributed by atoms with Crippen LogP contribution in [0.3, 0.4) is 0 Å². The number of alkyl halides is 2. The molecule has 0 radical (unpaired) electrons. The molecule has 1 saturated heterocycles. The summed E-state index contributed by atoms with van der Waals surface area (Å²) in [6.45, 7) is 4.98. The lowest BCUT2D eigenvalue weighted by atomic mass is 10.2. The molecule has 0 aromatic rings. The molecule has 6 heteroatoms. The van der Waals surface area contributed by atoms with Crippen molar-refractivity contribution in [2.24, 2.45) is 4.99 Å². The third kappa shape index (κ3) is 4.48. The first-order valence-corrected chi connectivity index (χ1v) is 4.90. The van der Waals surface area contributed by atoms with Crippen molar-refractivity contribution >= 4 is 29.9 Å². The van der Waals surface area contributed by atoms with Crippen LogP contribution >= 0.6 is 24.0 Å². The number of halogens is 3. The molecule has 1 rings (SSSR count). The average Bonchev–Trinajstić information content (AvgIpc) is 2.44. The molecule has 2 atom stereocenters. The summed E-state index contributed by atoms with van der Waals surface area (Å²) in [5.74, 6) is -2.20. The van der Waals surface area contributed by atoms with E-state index in [0.29, 0.717) is 5.96 Å². The molecule has 0 aromatic heterocycles. The first-order valence-electron chi connectivity index (χ1n) is 4.90. The van der Waals surface area contributed by atoms with E-state index in [1.165, 1.54) is 6.92 Å². The molecule has 2 unspecified atom stereocenters. The highest BCUT2D eigenvalue weighted by Crippen LogP contribution is 2.17. The van der Waals surface area contributed by atoms with E-state index < -0.39 is 12.5 Å². The van der Waals surface area contributed by atoms with Crippen LogP contribution < -0.4 is 10.6 Å².